The molecule has 0 aliphatic carbocycles. The Kier molecular flexibility index (Phi) is 3.76. The number of methoxy groups -OCH3 is 1. The summed E-state index contributed by atoms with van der Waals surface area (Å²) in [5.41, 5.74) is 2.76. The van der Waals surface area contributed by atoms with Gasteiger partial charge in [0.15, 0.2) is 5.78 Å². The van der Waals surface area contributed by atoms with Gasteiger partial charge in [0.05, 0.1) is 7.11 Å². The lowest BCUT2D eigenvalue weighted by molar-refractivity contribution is 0.0826. The normalized spacial score (nSPS) is 16.0. The van der Waals surface area contributed by atoms with E-state index in [1.165, 1.54) is 0 Å². The molecule has 2 aromatic rings. The monoisotopic (exact) mass is 334 g/mol. The summed E-state index contributed by atoms with van der Waals surface area (Å²) in [6.45, 7) is 1.23. The van der Waals surface area contributed by atoms with E-state index in [1.807, 2.05) is 24.3 Å². The van der Waals surface area contributed by atoms with Gasteiger partial charge < -0.3 is 10.1 Å². The number of Topliss-reactive ketones (excluding diaryl/α,β-unsaturated/α-hetero) is 1. The van der Waals surface area contributed by atoms with Gasteiger partial charge in [-0.05, 0) is 35.9 Å². The van der Waals surface area contributed by atoms with Crippen LogP contribution in [0.5, 0.6) is 5.75 Å². The minimum absolute atomic E-state index is 0.0480. The Morgan fingerprint density at radius 2 is 1.88 bits per heavy atom. The van der Waals surface area contributed by atoms with Crippen molar-refractivity contribution in [3.8, 4) is 5.75 Å². The molecule has 0 radical (unpaired) electrons. The average molecular weight is 334 g/mol. The van der Waals surface area contributed by atoms with Crippen molar-refractivity contribution in [1.82, 2.24) is 10.2 Å². The molecule has 25 heavy (non-hydrogen) atoms. The van der Waals surface area contributed by atoms with Crippen LogP contribution in [0.3, 0.4) is 0 Å². The molecule has 1 saturated heterocycles. The van der Waals surface area contributed by atoms with Gasteiger partial charge in [0.2, 0.25) is 0 Å². The van der Waals surface area contributed by atoms with Gasteiger partial charge in [0.25, 0.3) is 5.91 Å². The smallest absolute Gasteiger partial charge is 0.259 e. The van der Waals surface area contributed by atoms with Crippen molar-refractivity contribution in [1.29, 1.82) is 0 Å². The fraction of sp³-hybridized carbons (Fsp3) is 0.200. The number of carbonyl (C=O) groups excluding carboxylic acids is 2. The predicted octanol–water partition coefficient (Wildman–Crippen LogP) is 2.39. The van der Waals surface area contributed by atoms with Gasteiger partial charge in [-0.15, -0.1) is 0 Å². The van der Waals surface area contributed by atoms with Crippen LogP contribution in [0.15, 0.2) is 59.9 Å². The summed E-state index contributed by atoms with van der Waals surface area (Å²) < 4.78 is 5.16. The summed E-state index contributed by atoms with van der Waals surface area (Å²) in [6.07, 6.45) is 0.436. The Labute approximate surface area is 145 Å². The lowest BCUT2D eigenvalue weighted by Crippen LogP contribution is -2.29. The SMILES string of the molecule is COc1ccc(C(=O)C2=C3NCCN3C(=O)c3ccccc3C2)cc1. The second-order valence-corrected chi connectivity index (χ2v) is 6.10. The molecule has 2 aliphatic rings. The van der Waals surface area contributed by atoms with Crippen LogP contribution in [-0.4, -0.2) is 36.8 Å². The number of amides is 1. The van der Waals surface area contributed by atoms with Crippen LogP contribution in [0.25, 0.3) is 0 Å². The molecular formula is C20H18N2O3. The van der Waals surface area contributed by atoms with Crippen molar-refractivity contribution >= 4 is 11.7 Å². The number of hydrogen-bond acceptors (Lipinski definition) is 4. The maximum Gasteiger partial charge on any atom is 0.259 e. The van der Waals surface area contributed by atoms with Crippen LogP contribution in [0.1, 0.15) is 26.3 Å². The standard InChI is InChI=1S/C20H18N2O3/c1-25-15-8-6-13(7-9-15)18(23)17-12-14-4-2-3-5-16(14)20(24)22-11-10-21-19(17)22/h2-9,21H,10-12H2,1H3. The highest BCUT2D eigenvalue weighted by atomic mass is 16.5. The van der Waals surface area contributed by atoms with Crippen molar-refractivity contribution in [2.24, 2.45) is 0 Å². The number of nitrogens with one attached hydrogen (secondary N) is 1. The number of allylic oxidation sites excluding steroid dienone is 1. The zero-order valence-corrected chi connectivity index (χ0v) is 13.9. The van der Waals surface area contributed by atoms with Gasteiger partial charge in [-0.1, -0.05) is 18.2 Å². The number of nitrogens with zero attached hydrogens (tertiary/aromatic N) is 1. The van der Waals surface area contributed by atoms with Crippen LogP contribution in [-0.2, 0) is 6.42 Å². The minimum atomic E-state index is -0.0680. The molecule has 0 saturated carbocycles. The molecule has 0 spiro atoms. The summed E-state index contributed by atoms with van der Waals surface area (Å²) in [7, 11) is 1.59. The number of ketones is 1. The second kappa shape index (κ2) is 6.09. The van der Waals surface area contributed by atoms with E-state index < -0.39 is 0 Å². The molecule has 2 aromatic carbocycles. The van der Waals surface area contributed by atoms with Gasteiger partial charge >= 0.3 is 0 Å². The topological polar surface area (TPSA) is 58.6 Å². The molecule has 1 amide bonds. The molecule has 2 heterocycles. The van der Waals surface area contributed by atoms with E-state index in [2.05, 4.69) is 5.32 Å². The first-order valence-electron chi connectivity index (χ1n) is 8.24. The maximum absolute atomic E-state index is 13.1. The minimum Gasteiger partial charge on any atom is -0.497 e. The Balaban J connectivity index is 1.79. The van der Waals surface area contributed by atoms with Gasteiger partial charge in [-0.3, -0.25) is 14.5 Å². The van der Waals surface area contributed by atoms with Crippen molar-refractivity contribution < 1.29 is 14.3 Å². The fourth-order valence-electron chi connectivity index (χ4n) is 3.37. The number of hydrogen-bond donors (Lipinski definition) is 1. The molecule has 0 unspecified atom stereocenters. The third-order valence-electron chi connectivity index (χ3n) is 4.67. The quantitative estimate of drug-likeness (QED) is 0.876. The molecule has 5 nitrogen and oxygen atoms in total. The molecule has 4 rings (SSSR count). The number of fused-ring (bicyclic) bond motifs is 2. The number of rotatable bonds is 3. The van der Waals surface area contributed by atoms with Gasteiger partial charge in [-0.25, -0.2) is 0 Å². The van der Waals surface area contributed by atoms with E-state index in [9.17, 15) is 9.59 Å². The van der Waals surface area contributed by atoms with E-state index >= 15 is 0 Å². The summed E-state index contributed by atoms with van der Waals surface area (Å²) in [6, 6.07) is 14.6. The van der Waals surface area contributed by atoms with Gasteiger partial charge in [0, 0.05) is 36.2 Å². The lowest BCUT2D eigenvalue weighted by atomic mass is 9.95. The number of ether oxygens (including phenoxy) is 1. The third kappa shape index (κ3) is 2.58. The lowest BCUT2D eigenvalue weighted by Gasteiger charge is -2.17. The molecule has 0 aromatic heterocycles. The third-order valence-corrected chi connectivity index (χ3v) is 4.67. The molecule has 2 aliphatic heterocycles. The van der Waals surface area contributed by atoms with Crippen LogP contribution in [0, 0.1) is 0 Å². The maximum atomic E-state index is 13.1. The zero-order valence-electron chi connectivity index (χ0n) is 13.9. The van der Waals surface area contributed by atoms with Crippen LogP contribution in [0.2, 0.25) is 0 Å². The van der Waals surface area contributed by atoms with Crippen molar-refractivity contribution in [2.75, 3.05) is 20.2 Å². The predicted molar refractivity (Wildman–Crippen MR) is 93.5 cm³/mol. The highest BCUT2D eigenvalue weighted by Crippen LogP contribution is 2.29. The Morgan fingerprint density at radius 1 is 1.12 bits per heavy atom. The van der Waals surface area contributed by atoms with Gasteiger partial charge in [-0.2, -0.15) is 0 Å². The summed E-state index contributed by atoms with van der Waals surface area (Å²) >= 11 is 0. The molecule has 1 N–H and O–H groups in total. The van der Waals surface area contributed by atoms with Crippen molar-refractivity contribution in [3.05, 3.63) is 76.6 Å². The number of benzene rings is 2. The Morgan fingerprint density at radius 3 is 2.64 bits per heavy atom. The molecule has 0 bridgehead atoms. The highest BCUT2D eigenvalue weighted by Gasteiger charge is 2.34. The summed E-state index contributed by atoms with van der Waals surface area (Å²) in [5, 5.41) is 3.23. The summed E-state index contributed by atoms with van der Waals surface area (Å²) in [5.74, 6) is 1.23. The van der Waals surface area contributed by atoms with E-state index in [0.29, 0.717) is 47.8 Å². The van der Waals surface area contributed by atoms with Crippen molar-refractivity contribution in [2.45, 2.75) is 6.42 Å². The van der Waals surface area contributed by atoms with E-state index in [4.69, 9.17) is 4.74 Å². The van der Waals surface area contributed by atoms with Crippen LogP contribution in [0.4, 0.5) is 0 Å². The molecule has 1 fully saturated rings. The Bertz CT molecular complexity index is 884. The van der Waals surface area contributed by atoms with Crippen LogP contribution < -0.4 is 10.1 Å². The van der Waals surface area contributed by atoms with E-state index in [-0.39, 0.29) is 11.7 Å². The van der Waals surface area contributed by atoms with Gasteiger partial charge in [0.1, 0.15) is 11.6 Å². The molecule has 0 atom stereocenters. The highest BCUT2D eigenvalue weighted by molar-refractivity contribution is 6.11. The zero-order chi connectivity index (χ0) is 17.4. The first-order valence-corrected chi connectivity index (χ1v) is 8.24. The van der Waals surface area contributed by atoms with Crippen LogP contribution >= 0.6 is 0 Å². The molecule has 5 heteroatoms. The average Bonchev–Trinajstić information content (AvgIpc) is 3.11. The molecule has 126 valence electrons. The first kappa shape index (κ1) is 15.4. The largest absolute Gasteiger partial charge is 0.497 e. The fourth-order valence-corrected chi connectivity index (χ4v) is 3.37. The summed E-state index contributed by atoms with van der Waals surface area (Å²) in [4.78, 5) is 27.6. The van der Waals surface area contributed by atoms with E-state index in [0.717, 1.165) is 5.56 Å². The number of carbonyl (C=O) groups is 2. The molecular weight excluding hydrogens is 316 g/mol. The second-order valence-electron chi connectivity index (χ2n) is 6.10. The van der Waals surface area contributed by atoms with E-state index in [1.54, 1.807) is 36.3 Å². The van der Waals surface area contributed by atoms with Crippen molar-refractivity contribution in [3.63, 3.8) is 0 Å². The first-order chi connectivity index (χ1) is 12.2. The Hall–Kier alpha value is -3.08.